The molecule has 6 heteroatoms. The molecule has 0 aliphatic carbocycles. The van der Waals surface area contributed by atoms with E-state index in [1.807, 2.05) is 41.1 Å². The molecule has 0 unspecified atom stereocenters. The highest BCUT2D eigenvalue weighted by atomic mass is 16.5. The summed E-state index contributed by atoms with van der Waals surface area (Å²) in [6, 6.07) is 11.8. The summed E-state index contributed by atoms with van der Waals surface area (Å²) >= 11 is 0. The number of rotatable bonds is 3. The Balaban J connectivity index is 1.85. The summed E-state index contributed by atoms with van der Waals surface area (Å²) in [6.45, 7) is 4.16. The van der Waals surface area contributed by atoms with Gasteiger partial charge in [0.1, 0.15) is 11.3 Å². The van der Waals surface area contributed by atoms with Crippen molar-refractivity contribution in [2.45, 2.75) is 19.9 Å². The summed E-state index contributed by atoms with van der Waals surface area (Å²) in [4.78, 5) is 4.56. The van der Waals surface area contributed by atoms with E-state index >= 15 is 0 Å². The van der Waals surface area contributed by atoms with Crippen molar-refractivity contribution in [1.29, 1.82) is 0 Å². The Morgan fingerprint density at radius 3 is 2.83 bits per heavy atom. The molecule has 0 N–H and O–H groups in total. The third kappa shape index (κ3) is 2.14. The second-order valence-corrected chi connectivity index (χ2v) is 5.66. The summed E-state index contributed by atoms with van der Waals surface area (Å²) in [6.07, 6.45) is 0. The maximum Gasteiger partial charge on any atom is 0.227 e. The zero-order valence-electron chi connectivity index (χ0n) is 13.1. The highest BCUT2D eigenvalue weighted by Crippen LogP contribution is 2.31. The van der Waals surface area contributed by atoms with Gasteiger partial charge in [-0.1, -0.05) is 11.3 Å². The fourth-order valence-corrected chi connectivity index (χ4v) is 2.67. The van der Waals surface area contributed by atoms with Gasteiger partial charge in [-0.15, -0.1) is 5.10 Å². The van der Waals surface area contributed by atoms with E-state index in [1.54, 1.807) is 7.11 Å². The molecular formula is C17H16N4O2. The largest absolute Gasteiger partial charge is 0.494 e. The number of para-hydroxylation sites is 1. The van der Waals surface area contributed by atoms with E-state index in [-0.39, 0.29) is 6.04 Å². The minimum absolute atomic E-state index is 0.263. The highest BCUT2D eigenvalue weighted by molar-refractivity contribution is 5.84. The van der Waals surface area contributed by atoms with Crippen LogP contribution in [0.4, 0.5) is 0 Å². The molecule has 0 aliphatic heterocycles. The van der Waals surface area contributed by atoms with Crippen LogP contribution in [0.15, 0.2) is 40.8 Å². The van der Waals surface area contributed by atoms with Crippen molar-refractivity contribution in [2.24, 2.45) is 0 Å². The first kappa shape index (κ1) is 13.8. The van der Waals surface area contributed by atoms with Gasteiger partial charge in [-0.25, -0.2) is 9.67 Å². The molecule has 0 fully saturated rings. The Bertz CT molecular complexity index is 1000. The quantitative estimate of drug-likeness (QED) is 0.575. The average Bonchev–Trinajstić information content (AvgIpc) is 3.17. The van der Waals surface area contributed by atoms with Crippen LogP contribution in [0.1, 0.15) is 19.9 Å². The molecule has 0 bridgehead atoms. The van der Waals surface area contributed by atoms with Crippen LogP contribution < -0.4 is 4.74 Å². The Morgan fingerprint density at radius 2 is 2.04 bits per heavy atom. The first-order chi connectivity index (χ1) is 11.2. The molecule has 2 heterocycles. The molecule has 0 aliphatic rings. The molecule has 6 nitrogen and oxygen atoms in total. The predicted molar refractivity (Wildman–Crippen MR) is 87.5 cm³/mol. The van der Waals surface area contributed by atoms with Gasteiger partial charge in [0.15, 0.2) is 11.1 Å². The van der Waals surface area contributed by atoms with E-state index in [4.69, 9.17) is 9.15 Å². The number of methoxy groups -OCH3 is 1. The minimum atomic E-state index is 0.263. The fourth-order valence-electron chi connectivity index (χ4n) is 2.67. The van der Waals surface area contributed by atoms with Gasteiger partial charge in [0, 0.05) is 11.6 Å². The third-order valence-electron chi connectivity index (χ3n) is 3.81. The number of ether oxygens (including phenoxy) is 1. The van der Waals surface area contributed by atoms with Crippen LogP contribution in [0.25, 0.3) is 33.6 Å². The lowest BCUT2D eigenvalue weighted by Crippen LogP contribution is -2.02. The zero-order valence-corrected chi connectivity index (χ0v) is 13.1. The Hall–Kier alpha value is -2.89. The highest BCUT2D eigenvalue weighted by Gasteiger charge is 2.14. The molecule has 116 valence electrons. The maximum absolute atomic E-state index is 5.85. The number of hydrogen-bond donors (Lipinski definition) is 0. The first-order valence-electron chi connectivity index (χ1n) is 7.46. The Labute approximate surface area is 132 Å². The van der Waals surface area contributed by atoms with Crippen molar-refractivity contribution in [3.05, 3.63) is 36.4 Å². The number of hydrogen-bond acceptors (Lipinski definition) is 5. The molecule has 2 aromatic carbocycles. The summed E-state index contributed by atoms with van der Waals surface area (Å²) in [5.74, 6) is 1.25. The van der Waals surface area contributed by atoms with E-state index in [9.17, 15) is 0 Å². The molecule has 0 amide bonds. The molecule has 0 atom stereocenters. The number of oxazole rings is 1. The lowest BCUT2D eigenvalue weighted by molar-refractivity contribution is 0.419. The van der Waals surface area contributed by atoms with E-state index in [1.165, 1.54) is 0 Å². The van der Waals surface area contributed by atoms with Gasteiger partial charge in [0.2, 0.25) is 5.89 Å². The van der Waals surface area contributed by atoms with Crippen molar-refractivity contribution < 1.29 is 9.15 Å². The van der Waals surface area contributed by atoms with Crippen LogP contribution in [-0.4, -0.2) is 27.1 Å². The lowest BCUT2D eigenvalue weighted by Gasteiger charge is -2.04. The number of aromatic nitrogens is 4. The van der Waals surface area contributed by atoms with Gasteiger partial charge in [0.25, 0.3) is 0 Å². The fraction of sp³-hybridized carbons (Fsp3) is 0.235. The zero-order chi connectivity index (χ0) is 16.0. The van der Waals surface area contributed by atoms with E-state index in [0.29, 0.717) is 17.2 Å². The summed E-state index contributed by atoms with van der Waals surface area (Å²) < 4.78 is 13.1. The van der Waals surface area contributed by atoms with Crippen molar-refractivity contribution in [2.75, 3.05) is 7.11 Å². The summed E-state index contributed by atoms with van der Waals surface area (Å²) in [5, 5.41) is 8.43. The van der Waals surface area contributed by atoms with Crippen molar-refractivity contribution in [3.63, 3.8) is 0 Å². The smallest absolute Gasteiger partial charge is 0.227 e. The molecule has 23 heavy (non-hydrogen) atoms. The van der Waals surface area contributed by atoms with Crippen molar-refractivity contribution in [1.82, 2.24) is 20.0 Å². The van der Waals surface area contributed by atoms with E-state index in [0.717, 1.165) is 22.1 Å². The van der Waals surface area contributed by atoms with Crippen LogP contribution >= 0.6 is 0 Å². The van der Waals surface area contributed by atoms with E-state index < -0.39 is 0 Å². The Kier molecular flexibility index (Phi) is 3.04. The van der Waals surface area contributed by atoms with Crippen LogP contribution in [0.2, 0.25) is 0 Å². The second-order valence-electron chi connectivity index (χ2n) is 5.66. The summed E-state index contributed by atoms with van der Waals surface area (Å²) in [7, 11) is 1.62. The van der Waals surface area contributed by atoms with Crippen LogP contribution in [0.3, 0.4) is 0 Å². The predicted octanol–water partition coefficient (Wildman–Crippen LogP) is 3.83. The normalized spacial score (nSPS) is 11.7. The van der Waals surface area contributed by atoms with Gasteiger partial charge in [-0.05, 0) is 44.2 Å². The van der Waals surface area contributed by atoms with Crippen LogP contribution in [0, 0.1) is 0 Å². The van der Waals surface area contributed by atoms with Crippen molar-refractivity contribution in [3.8, 4) is 17.2 Å². The molecule has 4 aromatic rings. The number of nitrogens with zero attached hydrogens (tertiary/aromatic N) is 4. The lowest BCUT2D eigenvalue weighted by atomic mass is 10.2. The Morgan fingerprint density at radius 1 is 1.17 bits per heavy atom. The molecule has 4 rings (SSSR count). The van der Waals surface area contributed by atoms with Crippen LogP contribution in [-0.2, 0) is 0 Å². The van der Waals surface area contributed by atoms with E-state index in [2.05, 4.69) is 29.1 Å². The monoisotopic (exact) mass is 308 g/mol. The molecule has 0 spiro atoms. The van der Waals surface area contributed by atoms with Crippen LogP contribution in [0.5, 0.6) is 5.75 Å². The summed E-state index contributed by atoms with van der Waals surface area (Å²) in [5.41, 5.74) is 4.11. The standard InChI is InChI=1S/C17H16N4O2/c1-10(2)21-13-8-7-11(9-12(13)19-20-21)17-18-16-14(22-3)5-4-6-15(16)23-17/h4-10H,1-3H3. The molecule has 2 aromatic heterocycles. The molecular weight excluding hydrogens is 292 g/mol. The minimum Gasteiger partial charge on any atom is -0.494 e. The average molecular weight is 308 g/mol. The topological polar surface area (TPSA) is 66.0 Å². The van der Waals surface area contributed by atoms with Gasteiger partial charge in [-0.3, -0.25) is 0 Å². The maximum atomic E-state index is 5.85. The van der Waals surface area contributed by atoms with Gasteiger partial charge < -0.3 is 9.15 Å². The molecule has 0 radical (unpaired) electrons. The van der Waals surface area contributed by atoms with Gasteiger partial charge >= 0.3 is 0 Å². The molecule has 0 saturated carbocycles. The SMILES string of the molecule is COc1cccc2oc(-c3ccc4c(c3)nnn4C(C)C)nc12. The van der Waals surface area contributed by atoms with Gasteiger partial charge in [-0.2, -0.15) is 0 Å². The first-order valence-corrected chi connectivity index (χ1v) is 7.46. The second kappa shape index (κ2) is 5.08. The third-order valence-corrected chi connectivity index (χ3v) is 3.81. The number of benzene rings is 2. The number of fused-ring (bicyclic) bond motifs is 2. The van der Waals surface area contributed by atoms with Gasteiger partial charge in [0.05, 0.1) is 12.6 Å². The molecule has 0 saturated heterocycles. The van der Waals surface area contributed by atoms with Crippen molar-refractivity contribution >= 4 is 22.1 Å².